The number of benzene rings is 2. The fourth-order valence-electron chi connectivity index (χ4n) is 3.38. The number of anilines is 1. The van der Waals surface area contributed by atoms with Crippen LogP contribution in [0.25, 0.3) is 0 Å². The molecule has 0 unspecified atom stereocenters. The zero-order valence-electron chi connectivity index (χ0n) is 15.9. The Kier molecular flexibility index (Phi) is 6.12. The van der Waals surface area contributed by atoms with Crippen molar-refractivity contribution < 1.29 is 14.3 Å². The normalized spacial score (nSPS) is 16.7. The quantitative estimate of drug-likeness (QED) is 0.880. The third-order valence-electron chi connectivity index (χ3n) is 4.87. The molecule has 27 heavy (non-hydrogen) atoms. The van der Waals surface area contributed by atoms with Crippen molar-refractivity contribution in [2.24, 2.45) is 5.92 Å². The maximum atomic E-state index is 12.5. The van der Waals surface area contributed by atoms with Crippen molar-refractivity contribution in [3.63, 3.8) is 0 Å². The van der Waals surface area contributed by atoms with Crippen LogP contribution in [0.3, 0.4) is 0 Å². The summed E-state index contributed by atoms with van der Waals surface area (Å²) in [6, 6.07) is 15.3. The maximum Gasteiger partial charge on any atom is 0.260 e. The number of nitrogens with zero attached hydrogens (tertiary/aromatic N) is 1. The zero-order valence-corrected chi connectivity index (χ0v) is 15.9. The van der Waals surface area contributed by atoms with Crippen LogP contribution in [0.15, 0.2) is 48.5 Å². The highest BCUT2D eigenvalue weighted by molar-refractivity contribution is 5.93. The molecule has 2 aromatic carbocycles. The molecular formula is C22H26N2O3. The minimum Gasteiger partial charge on any atom is -0.484 e. The lowest BCUT2D eigenvalue weighted by atomic mass is 9.97. The van der Waals surface area contributed by atoms with Gasteiger partial charge in [-0.05, 0) is 50.5 Å². The highest BCUT2D eigenvalue weighted by Crippen LogP contribution is 2.21. The van der Waals surface area contributed by atoms with E-state index in [-0.39, 0.29) is 24.3 Å². The van der Waals surface area contributed by atoms with Crippen LogP contribution >= 0.6 is 0 Å². The van der Waals surface area contributed by atoms with Crippen LogP contribution in [-0.4, -0.2) is 36.4 Å². The van der Waals surface area contributed by atoms with Crippen LogP contribution in [0.2, 0.25) is 0 Å². The molecule has 1 N–H and O–H groups in total. The minimum atomic E-state index is -0.191. The Balaban J connectivity index is 1.53. The van der Waals surface area contributed by atoms with E-state index in [1.54, 1.807) is 4.90 Å². The van der Waals surface area contributed by atoms with Crippen molar-refractivity contribution in [3.8, 4) is 5.75 Å². The number of carbonyl (C=O) groups is 2. The summed E-state index contributed by atoms with van der Waals surface area (Å²) in [5.41, 5.74) is 2.96. The third kappa shape index (κ3) is 5.09. The molecule has 1 aliphatic rings. The summed E-state index contributed by atoms with van der Waals surface area (Å²) in [6.45, 7) is 5.10. The molecule has 142 valence electrons. The second-order valence-electron chi connectivity index (χ2n) is 7.09. The van der Waals surface area contributed by atoms with E-state index in [1.165, 1.54) is 0 Å². The summed E-state index contributed by atoms with van der Waals surface area (Å²) < 4.78 is 5.71. The highest BCUT2D eigenvalue weighted by Gasteiger charge is 2.28. The Hall–Kier alpha value is -2.82. The second kappa shape index (κ2) is 8.71. The lowest BCUT2D eigenvalue weighted by Gasteiger charge is -2.32. The van der Waals surface area contributed by atoms with Gasteiger partial charge in [-0.3, -0.25) is 9.59 Å². The highest BCUT2D eigenvalue weighted by atomic mass is 16.5. The van der Waals surface area contributed by atoms with E-state index in [2.05, 4.69) is 5.32 Å². The first-order valence-corrected chi connectivity index (χ1v) is 9.36. The monoisotopic (exact) mass is 366 g/mol. The fourth-order valence-corrected chi connectivity index (χ4v) is 3.38. The standard InChI is InChI=1S/C22H26N2O3/c1-16-10-11-20(17(2)13-16)27-15-21(25)24-12-6-7-18(14-24)22(26)23-19-8-4-3-5-9-19/h3-5,8-11,13,18H,6-7,12,14-15H2,1-2H3,(H,23,26)/t18-/m0/s1. The van der Waals surface area contributed by atoms with Gasteiger partial charge in [-0.1, -0.05) is 35.9 Å². The van der Waals surface area contributed by atoms with E-state index in [9.17, 15) is 9.59 Å². The number of carbonyl (C=O) groups excluding carboxylic acids is 2. The number of likely N-dealkylation sites (tertiary alicyclic amines) is 1. The Morgan fingerprint density at radius 2 is 1.93 bits per heavy atom. The van der Waals surface area contributed by atoms with Gasteiger partial charge in [0.2, 0.25) is 5.91 Å². The van der Waals surface area contributed by atoms with Gasteiger partial charge >= 0.3 is 0 Å². The second-order valence-corrected chi connectivity index (χ2v) is 7.09. The van der Waals surface area contributed by atoms with Gasteiger partial charge in [0.1, 0.15) is 5.75 Å². The number of ether oxygens (including phenoxy) is 1. The predicted molar refractivity (Wildman–Crippen MR) is 106 cm³/mol. The van der Waals surface area contributed by atoms with Crippen LogP contribution < -0.4 is 10.1 Å². The molecule has 0 spiro atoms. The Morgan fingerprint density at radius 1 is 1.15 bits per heavy atom. The zero-order chi connectivity index (χ0) is 19.2. The molecule has 0 aromatic heterocycles. The molecule has 1 atom stereocenters. The Morgan fingerprint density at radius 3 is 2.67 bits per heavy atom. The molecule has 0 radical (unpaired) electrons. The molecule has 3 rings (SSSR count). The summed E-state index contributed by atoms with van der Waals surface area (Å²) in [4.78, 5) is 26.8. The number of amides is 2. The molecule has 1 heterocycles. The van der Waals surface area contributed by atoms with Gasteiger partial charge in [0.25, 0.3) is 5.91 Å². The van der Waals surface area contributed by atoms with Crippen molar-refractivity contribution in [1.82, 2.24) is 4.90 Å². The Bertz CT molecular complexity index is 804. The lowest BCUT2D eigenvalue weighted by Crippen LogP contribution is -2.45. The minimum absolute atomic E-state index is 0.00305. The topological polar surface area (TPSA) is 58.6 Å². The molecule has 0 aliphatic carbocycles. The first-order valence-electron chi connectivity index (χ1n) is 9.36. The maximum absolute atomic E-state index is 12.5. The number of hydrogen-bond acceptors (Lipinski definition) is 3. The van der Waals surface area contributed by atoms with Crippen molar-refractivity contribution in [3.05, 3.63) is 59.7 Å². The number of para-hydroxylation sites is 1. The van der Waals surface area contributed by atoms with Gasteiger partial charge < -0.3 is 15.0 Å². The van der Waals surface area contributed by atoms with Crippen molar-refractivity contribution in [2.45, 2.75) is 26.7 Å². The van der Waals surface area contributed by atoms with Crippen LogP contribution in [0.4, 0.5) is 5.69 Å². The number of nitrogens with one attached hydrogen (secondary N) is 1. The fraction of sp³-hybridized carbons (Fsp3) is 0.364. The van der Waals surface area contributed by atoms with Crippen LogP contribution in [-0.2, 0) is 9.59 Å². The van der Waals surface area contributed by atoms with E-state index in [0.29, 0.717) is 13.1 Å². The van der Waals surface area contributed by atoms with Crippen molar-refractivity contribution >= 4 is 17.5 Å². The van der Waals surface area contributed by atoms with Gasteiger partial charge in [-0.25, -0.2) is 0 Å². The molecule has 0 bridgehead atoms. The summed E-state index contributed by atoms with van der Waals surface area (Å²) >= 11 is 0. The summed E-state index contributed by atoms with van der Waals surface area (Å²) in [7, 11) is 0. The lowest BCUT2D eigenvalue weighted by molar-refractivity contribution is -0.136. The predicted octanol–water partition coefficient (Wildman–Crippen LogP) is 3.56. The van der Waals surface area contributed by atoms with Gasteiger partial charge in [0.05, 0.1) is 5.92 Å². The summed E-state index contributed by atoms with van der Waals surface area (Å²) in [5, 5.41) is 2.93. The largest absolute Gasteiger partial charge is 0.484 e. The van der Waals surface area contributed by atoms with Crippen molar-refractivity contribution in [2.75, 3.05) is 25.0 Å². The molecule has 0 saturated carbocycles. The molecule has 5 nitrogen and oxygen atoms in total. The van der Waals surface area contributed by atoms with E-state index < -0.39 is 0 Å². The van der Waals surface area contributed by atoms with Gasteiger partial charge in [0, 0.05) is 18.8 Å². The average molecular weight is 366 g/mol. The molecule has 1 aliphatic heterocycles. The summed E-state index contributed by atoms with van der Waals surface area (Å²) in [6.07, 6.45) is 1.61. The van der Waals surface area contributed by atoms with Gasteiger partial charge in [-0.15, -0.1) is 0 Å². The summed E-state index contributed by atoms with van der Waals surface area (Å²) in [5.74, 6) is 0.425. The molecular weight excluding hydrogens is 340 g/mol. The van der Waals surface area contributed by atoms with Crippen LogP contribution in [0.1, 0.15) is 24.0 Å². The van der Waals surface area contributed by atoms with E-state index >= 15 is 0 Å². The number of rotatable bonds is 5. The SMILES string of the molecule is Cc1ccc(OCC(=O)N2CCC[C@H](C(=O)Nc3ccccc3)C2)c(C)c1. The molecule has 1 saturated heterocycles. The number of aryl methyl sites for hydroxylation is 2. The van der Waals surface area contributed by atoms with E-state index in [4.69, 9.17) is 4.74 Å². The average Bonchev–Trinajstić information content (AvgIpc) is 2.68. The number of hydrogen-bond donors (Lipinski definition) is 1. The molecule has 2 amide bonds. The first kappa shape index (κ1) is 19.0. The van der Waals surface area contributed by atoms with E-state index in [1.807, 2.05) is 62.4 Å². The van der Waals surface area contributed by atoms with Crippen LogP contribution in [0, 0.1) is 19.8 Å². The van der Waals surface area contributed by atoms with Crippen LogP contribution in [0.5, 0.6) is 5.75 Å². The molecule has 2 aromatic rings. The number of piperidine rings is 1. The van der Waals surface area contributed by atoms with Gasteiger partial charge in [0.15, 0.2) is 6.61 Å². The first-order chi connectivity index (χ1) is 13.0. The Labute approximate surface area is 160 Å². The van der Waals surface area contributed by atoms with E-state index in [0.717, 1.165) is 35.4 Å². The smallest absolute Gasteiger partial charge is 0.260 e. The molecule has 1 fully saturated rings. The third-order valence-corrected chi connectivity index (χ3v) is 4.87. The molecule has 5 heteroatoms. The van der Waals surface area contributed by atoms with Crippen molar-refractivity contribution in [1.29, 1.82) is 0 Å². The van der Waals surface area contributed by atoms with Gasteiger partial charge in [-0.2, -0.15) is 0 Å².